The van der Waals surface area contributed by atoms with Gasteiger partial charge in [-0.3, -0.25) is 5.43 Å². The molecule has 0 aliphatic heterocycles. The molecule has 72 valence electrons. The first kappa shape index (κ1) is 10.3. The fourth-order valence-corrected chi connectivity index (χ4v) is 1.76. The van der Waals surface area contributed by atoms with E-state index in [4.69, 9.17) is 5.84 Å². The van der Waals surface area contributed by atoms with Crippen LogP contribution in [0.3, 0.4) is 0 Å². The van der Waals surface area contributed by atoms with Crippen molar-refractivity contribution in [2.45, 2.75) is 24.8 Å². The Balaban J connectivity index is 2.46. The van der Waals surface area contributed by atoms with Crippen LogP contribution in [0.25, 0.3) is 0 Å². The lowest BCUT2D eigenvalue weighted by atomic mass is 10.4. The van der Waals surface area contributed by atoms with Crippen molar-refractivity contribution < 1.29 is 0 Å². The number of nitrogens with two attached hydrogens (primary N) is 1. The van der Waals surface area contributed by atoms with E-state index < -0.39 is 0 Å². The maximum atomic E-state index is 5.19. The molecule has 5 heteroatoms. The third kappa shape index (κ3) is 3.61. The number of hydrogen-bond acceptors (Lipinski definition) is 5. The van der Waals surface area contributed by atoms with E-state index in [9.17, 15) is 0 Å². The molecule has 1 heterocycles. The second-order valence-electron chi connectivity index (χ2n) is 2.56. The normalized spacial score (nSPS) is 10.0. The summed E-state index contributed by atoms with van der Waals surface area (Å²) in [6, 6.07) is 1.89. The third-order valence-corrected chi connectivity index (χ3v) is 2.52. The van der Waals surface area contributed by atoms with E-state index in [1.54, 1.807) is 18.0 Å². The highest BCUT2D eigenvalue weighted by molar-refractivity contribution is 7.99. The SMILES string of the molecule is CCCCSc1ccnc(NN)n1. The first-order valence-corrected chi connectivity index (χ1v) is 5.28. The van der Waals surface area contributed by atoms with Crippen molar-refractivity contribution in [2.75, 3.05) is 11.2 Å². The number of nitrogens with zero attached hydrogens (tertiary/aromatic N) is 2. The van der Waals surface area contributed by atoms with Gasteiger partial charge in [0.1, 0.15) is 5.03 Å². The van der Waals surface area contributed by atoms with Crippen molar-refractivity contribution in [1.29, 1.82) is 0 Å². The first-order chi connectivity index (χ1) is 6.36. The summed E-state index contributed by atoms with van der Waals surface area (Å²) in [7, 11) is 0. The minimum Gasteiger partial charge on any atom is -0.292 e. The predicted molar refractivity (Wildman–Crippen MR) is 55.5 cm³/mol. The molecular formula is C8H14N4S. The van der Waals surface area contributed by atoms with Gasteiger partial charge in [-0.05, 0) is 18.2 Å². The average Bonchev–Trinajstić information content (AvgIpc) is 2.19. The molecule has 1 aromatic rings. The lowest BCUT2D eigenvalue weighted by Gasteiger charge is -2.01. The lowest BCUT2D eigenvalue weighted by molar-refractivity contribution is 0.894. The van der Waals surface area contributed by atoms with E-state index in [1.807, 2.05) is 6.07 Å². The molecule has 0 unspecified atom stereocenters. The molecule has 0 radical (unpaired) electrons. The molecule has 4 nitrogen and oxygen atoms in total. The molecule has 0 spiro atoms. The average molecular weight is 198 g/mol. The number of anilines is 1. The van der Waals surface area contributed by atoms with E-state index >= 15 is 0 Å². The van der Waals surface area contributed by atoms with Crippen molar-refractivity contribution >= 4 is 17.7 Å². The monoisotopic (exact) mass is 198 g/mol. The molecule has 0 aliphatic carbocycles. The number of rotatable bonds is 5. The van der Waals surface area contributed by atoms with Crippen LogP contribution >= 0.6 is 11.8 Å². The molecule has 0 aliphatic rings. The molecular weight excluding hydrogens is 184 g/mol. The number of hydrazine groups is 1. The highest BCUT2D eigenvalue weighted by atomic mass is 32.2. The van der Waals surface area contributed by atoms with Crippen molar-refractivity contribution in [2.24, 2.45) is 5.84 Å². The summed E-state index contributed by atoms with van der Waals surface area (Å²) >= 11 is 1.73. The highest BCUT2D eigenvalue weighted by Crippen LogP contribution is 2.16. The summed E-state index contributed by atoms with van der Waals surface area (Å²) in [5, 5.41) is 0.969. The maximum Gasteiger partial charge on any atom is 0.238 e. The fraction of sp³-hybridized carbons (Fsp3) is 0.500. The van der Waals surface area contributed by atoms with Crippen LogP contribution in [0, 0.1) is 0 Å². The Hall–Kier alpha value is -0.810. The smallest absolute Gasteiger partial charge is 0.238 e. The summed E-state index contributed by atoms with van der Waals surface area (Å²) in [6.45, 7) is 2.17. The predicted octanol–water partition coefficient (Wildman–Crippen LogP) is 1.65. The molecule has 1 aromatic heterocycles. The van der Waals surface area contributed by atoms with Crippen LogP contribution in [-0.2, 0) is 0 Å². The zero-order valence-corrected chi connectivity index (χ0v) is 8.47. The first-order valence-electron chi connectivity index (χ1n) is 4.29. The largest absolute Gasteiger partial charge is 0.292 e. The van der Waals surface area contributed by atoms with Crippen LogP contribution < -0.4 is 11.3 Å². The second kappa shape index (κ2) is 5.77. The van der Waals surface area contributed by atoms with Crippen LogP contribution in [0.15, 0.2) is 17.3 Å². The van der Waals surface area contributed by atoms with Gasteiger partial charge in [0.2, 0.25) is 5.95 Å². The Morgan fingerprint density at radius 1 is 1.62 bits per heavy atom. The van der Waals surface area contributed by atoms with Gasteiger partial charge in [-0.2, -0.15) is 0 Å². The molecule has 3 N–H and O–H groups in total. The lowest BCUT2D eigenvalue weighted by Crippen LogP contribution is -2.10. The minimum atomic E-state index is 0.474. The van der Waals surface area contributed by atoms with Gasteiger partial charge < -0.3 is 0 Å². The number of nitrogen functional groups attached to an aromatic ring is 1. The van der Waals surface area contributed by atoms with Crippen LogP contribution in [0.1, 0.15) is 19.8 Å². The van der Waals surface area contributed by atoms with Crippen LogP contribution in [-0.4, -0.2) is 15.7 Å². The van der Waals surface area contributed by atoms with E-state index in [2.05, 4.69) is 22.3 Å². The summed E-state index contributed by atoms with van der Waals surface area (Å²) in [4.78, 5) is 8.10. The van der Waals surface area contributed by atoms with Crippen molar-refractivity contribution in [3.63, 3.8) is 0 Å². The zero-order valence-electron chi connectivity index (χ0n) is 7.66. The highest BCUT2D eigenvalue weighted by Gasteiger charge is 1.97. The number of nitrogens with one attached hydrogen (secondary N) is 1. The summed E-state index contributed by atoms with van der Waals surface area (Å²) in [5.74, 6) is 6.76. The van der Waals surface area contributed by atoms with Gasteiger partial charge >= 0.3 is 0 Å². The van der Waals surface area contributed by atoms with Crippen LogP contribution in [0.5, 0.6) is 0 Å². The Morgan fingerprint density at radius 3 is 3.15 bits per heavy atom. The van der Waals surface area contributed by atoms with Crippen molar-refractivity contribution in [3.8, 4) is 0 Å². The topological polar surface area (TPSA) is 63.8 Å². The molecule has 0 saturated carbocycles. The number of aromatic nitrogens is 2. The van der Waals surface area contributed by atoms with Crippen LogP contribution in [0.4, 0.5) is 5.95 Å². The molecule has 0 atom stereocenters. The molecule has 0 amide bonds. The second-order valence-corrected chi connectivity index (χ2v) is 3.68. The Morgan fingerprint density at radius 2 is 2.46 bits per heavy atom. The molecule has 0 fully saturated rings. The minimum absolute atomic E-state index is 0.474. The van der Waals surface area contributed by atoms with Gasteiger partial charge in [-0.1, -0.05) is 13.3 Å². The van der Waals surface area contributed by atoms with Gasteiger partial charge in [0.05, 0.1) is 0 Å². The van der Waals surface area contributed by atoms with Gasteiger partial charge in [0.15, 0.2) is 0 Å². The third-order valence-electron chi connectivity index (χ3n) is 1.51. The van der Waals surface area contributed by atoms with E-state index in [-0.39, 0.29) is 0 Å². The quantitative estimate of drug-likeness (QED) is 0.248. The summed E-state index contributed by atoms with van der Waals surface area (Å²) in [5.41, 5.74) is 2.42. The van der Waals surface area contributed by atoms with Gasteiger partial charge in [-0.15, -0.1) is 11.8 Å². The molecule has 0 aromatic carbocycles. The van der Waals surface area contributed by atoms with Gasteiger partial charge in [0, 0.05) is 6.20 Å². The summed E-state index contributed by atoms with van der Waals surface area (Å²) in [6.07, 6.45) is 4.12. The number of hydrogen-bond donors (Lipinski definition) is 2. The Labute approximate surface area is 82.3 Å². The Bertz CT molecular complexity index is 254. The maximum absolute atomic E-state index is 5.19. The fourth-order valence-electron chi connectivity index (χ4n) is 0.813. The van der Waals surface area contributed by atoms with Crippen LogP contribution in [0.2, 0.25) is 0 Å². The van der Waals surface area contributed by atoms with E-state index in [1.165, 1.54) is 12.8 Å². The van der Waals surface area contributed by atoms with Crippen molar-refractivity contribution in [3.05, 3.63) is 12.3 Å². The standard InChI is InChI=1S/C8H14N4S/c1-2-3-6-13-7-4-5-10-8(11-7)12-9/h4-5H,2-3,6,9H2,1H3,(H,10,11,12). The molecule has 13 heavy (non-hydrogen) atoms. The van der Waals surface area contributed by atoms with Gasteiger partial charge in [-0.25, -0.2) is 15.8 Å². The Kier molecular flexibility index (Phi) is 4.56. The molecule has 0 bridgehead atoms. The van der Waals surface area contributed by atoms with E-state index in [0.717, 1.165) is 10.8 Å². The molecule has 0 saturated heterocycles. The number of unbranched alkanes of at least 4 members (excludes halogenated alkanes) is 1. The van der Waals surface area contributed by atoms with Crippen molar-refractivity contribution in [1.82, 2.24) is 9.97 Å². The zero-order chi connectivity index (χ0) is 9.52. The summed E-state index contributed by atoms with van der Waals surface area (Å²) < 4.78 is 0. The number of thioether (sulfide) groups is 1. The van der Waals surface area contributed by atoms with Gasteiger partial charge in [0.25, 0.3) is 0 Å². The van der Waals surface area contributed by atoms with E-state index in [0.29, 0.717) is 5.95 Å². The molecule has 1 rings (SSSR count).